The van der Waals surface area contributed by atoms with Gasteiger partial charge >= 0.3 is 5.97 Å². The minimum Gasteiger partial charge on any atom is -0.449 e. The lowest BCUT2D eigenvalue weighted by atomic mass is 9.83. The van der Waals surface area contributed by atoms with Crippen molar-refractivity contribution in [3.05, 3.63) is 35.9 Å². The molecule has 0 fully saturated rings. The Morgan fingerprint density at radius 1 is 0.667 bits per heavy atom. The standard InChI is InChI=1S/C27H44O3/c1-18(2)14-23(15-19(3)4)25(28)26(22-12-10-9-11-13-22)30-27(29)24(16-20(5)6)17-21(7)8/h9-13,18-21,23-24,26H,14-17H2,1-8H3. The molecule has 0 amide bonds. The third-order valence-electron chi connectivity index (χ3n) is 5.35. The average Bonchev–Trinajstić information content (AvgIpc) is 2.63. The molecule has 0 aliphatic carbocycles. The monoisotopic (exact) mass is 416 g/mol. The quantitative estimate of drug-likeness (QED) is 0.318. The molecule has 1 aromatic rings. The SMILES string of the molecule is CC(C)CC(CC(C)C)C(=O)OC(C(=O)C(CC(C)C)CC(C)C)c1ccccc1. The summed E-state index contributed by atoms with van der Waals surface area (Å²) in [6, 6.07) is 9.54. The van der Waals surface area contributed by atoms with Crippen molar-refractivity contribution >= 4 is 11.8 Å². The van der Waals surface area contributed by atoms with E-state index in [4.69, 9.17) is 4.74 Å². The van der Waals surface area contributed by atoms with E-state index in [1.165, 1.54) is 0 Å². The molecular formula is C27H44O3. The third-order valence-corrected chi connectivity index (χ3v) is 5.35. The highest BCUT2D eigenvalue weighted by Gasteiger charge is 2.34. The minimum absolute atomic E-state index is 0.0461. The predicted molar refractivity (Wildman–Crippen MR) is 125 cm³/mol. The van der Waals surface area contributed by atoms with Crippen molar-refractivity contribution in [2.75, 3.05) is 0 Å². The summed E-state index contributed by atoms with van der Waals surface area (Å²) in [5, 5.41) is 0. The zero-order valence-electron chi connectivity index (χ0n) is 20.5. The van der Waals surface area contributed by atoms with E-state index in [9.17, 15) is 9.59 Å². The van der Waals surface area contributed by atoms with Crippen molar-refractivity contribution in [3.63, 3.8) is 0 Å². The van der Waals surface area contributed by atoms with Crippen molar-refractivity contribution in [2.24, 2.45) is 35.5 Å². The summed E-state index contributed by atoms with van der Waals surface area (Å²) in [5.74, 6) is 1.19. The Morgan fingerprint density at radius 2 is 1.07 bits per heavy atom. The van der Waals surface area contributed by atoms with Crippen molar-refractivity contribution in [1.29, 1.82) is 0 Å². The maximum atomic E-state index is 13.6. The van der Waals surface area contributed by atoms with Gasteiger partial charge in [-0.25, -0.2) is 0 Å². The highest BCUT2D eigenvalue weighted by Crippen LogP contribution is 2.31. The lowest BCUT2D eigenvalue weighted by Gasteiger charge is -2.27. The van der Waals surface area contributed by atoms with Gasteiger partial charge in [0.25, 0.3) is 0 Å². The van der Waals surface area contributed by atoms with Crippen LogP contribution >= 0.6 is 0 Å². The van der Waals surface area contributed by atoms with Crippen molar-refractivity contribution in [3.8, 4) is 0 Å². The largest absolute Gasteiger partial charge is 0.449 e. The summed E-state index contributed by atoms with van der Waals surface area (Å²) in [5.41, 5.74) is 0.779. The van der Waals surface area contributed by atoms with Gasteiger partial charge in [-0.2, -0.15) is 0 Å². The second kappa shape index (κ2) is 12.9. The summed E-state index contributed by atoms with van der Waals surface area (Å²) in [6.07, 6.45) is 2.39. The van der Waals surface area contributed by atoms with Crippen LogP contribution in [0.15, 0.2) is 30.3 Å². The van der Waals surface area contributed by atoms with E-state index in [2.05, 4.69) is 55.4 Å². The molecule has 3 heteroatoms. The maximum Gasteiger partial charge on any atom is 0.310 e. The molecule has 0 saturated carbocycles. The summed E-state index contributed by atoms with van der Waals surface area (Å²) in [4.78, 5) is 26.8. The van der Waals surface area contributed by atoms with Gasteiger partial charge in [0.1, 0.15) is 0 Å². The van der Waals surface area contributed by atoms with Crippen LogP contribution in [0, 0.1) is 35.5 Å². The molecule has 1 unspecified atom stereocenters. The molecule has 0 heterocycles. The van der Waals surface area contributed by atoms with Gasteiger partial charge in [0.2, 0.25) is 0 Å². The van der Waals surface area contributed by atoms with Crippen molar-refractivity contribution < 1.29 is 14.3 Å². The Morgan fingerprint density at radius 3 is 1.47 bits per heavy atom. The normalized spacial score (nSPS) is 13.1. The highest BCUT2D eigenvalue weighted by molar-refractivity contribution is 5.89. The van der Waals surface area contributed by atoms with Crippen LogP contribution in [0.2, 0.25) is 0 Å². The Hall–Kier alpha value is -1.64. The molecule has 0 aromatic heterocycles. The maximum absolute atomic E-state index is 13.6. The molecule has 0 N–H and O–H groups in total. The van der Waals surface area contributed by atoms with E-state index in [-0.39, 0.29) is 23.6 Å². The molecule has 30 heavy (non-hydrogen) atoms. The van der Waals surface area contributed by atoms with Gasteiger partial charge in [-0.05, 0) is 54.9 Å². The predicted octanol–water partition coefficient (Wildman–Crippen LogP) is 7.26. The molecule has 170 valence electrons. The Bertz CT molecular complexity index is 611. The molecule has 0 radical (unpaired) electrons. The van der Waals surface area contributed by atoms with Crippen LogP contribution in [0.25, 0.3) is 0 Å². The highest BCUT2D eigenvalue weighted by atomic mass is 16.5. The molecule has 0 aliphatic rings. The second-order valence-corrected chi connectivity index (χ2v) is 10.5. The number of benzene rings is 1. The number of hydrogen-bond donors (Lipinski definition) is 0. The molecule has 0 saturated heterocycles. The molecule has 0 bridgehead atoms. The average molecular weight is 417 g/mol. The fourth-order valence-corrected chi connectivity index (χ4v) is 4.24. The smallest absolute Gasteiger partial charge is 0.310 e. The number of esters is 1. The van der Waals surface area contributed by atoms with Crippen LogP contribution < -0.4 is 0 Å². The first-order chi connectivity index (χ1) is 14.0. The molecular weight excluding hydrogens is 372 g/mol. The number of Topliss-reactive ketones (excluding diaryl/α,β-unsaturated/α-hetero) is 1. The molecule has 0 aliphatic heterocycles. The molecule has 1 atom stereocenters. The molecule has 0 spiro atoms. The number of rotatable bonds is 13. The molecule has 1 rings (SSSR count). The van der Waals surface area contributed by atoms with E-state index in [1.807, 2.05) is 30.3 Å². The van der Waals surface area contributed by atoms with Gasteiger partial charge in [-0.3, -0.25) is 9.59 Å². The van der Waals surface area contributed by atoms with Crippen LogP contribution in [0.1, 0.15) is 92.7 Å². The van der Waals surface area contributed by atoms with Crippen molar-refractivity contribution in [2.45, 2.75) is 87.2 Å². The number of carbonyl (C=O) groups is 2. The number of hydrogen-bond acceptors (Lipinski definition) is 3. The molecule has 1 aromatic carbocycles. The first-order valence-electron chi connectivity index (χ1n) is 11.8. The van der Waals surface area contributed by atoms with Crippen molar-refractivity contribution in [1.82, 2.24) is 0 Å². The lowest BCUT2D eigenvalue weighted by Crippen LogP contribution is -2.31. The first kappa shape index (κ1) is 26.4. The lowest BCUT2D eigenvalue weighted by molar-refractivity contribution is -0.162. The fourth-order valence-electron chi connectivity index (χ4n) is 4.24. The first-order valence-corrected chi connectivity index (χ1v) is 11.8. The van der Waals surface area contributed by atoms with E-state index in [0.29, 0.717) is 23.7 Å². The fraction of sp³-hybridized carbons (Fsp3) is 0.704. The van der Waals surface area contributed by atoms with E-state index >= 15 is 0 Å². The summed E-state index contributed by atoms with van der Waals surface area (Å²) >= 11 is 0. The summed E-state index contributed by atoms with van der Waals surface area (Å²) in [7, 11) is 0. The van der Waals surface area contributed by atoms with Gasteiger partial charge in [0, 0.05) is 5.92 Å². The van der Waals surface area contributed by atoms with Crippen LogP contribution in [-0.4, -0.2) is 11.8 Å². The second-order valence-electron chi connectivity index (χ2n) is 10.5. The van der Waals surface area contributed by atoms with Gasteiger partial charge in [-0.1, -0.05) is 85.7 Å². The Balaban J connectivity index is 3.18. The van der Waals surface area contributed by atoms with Gasteiger partial charge in [0.05, 0.1) is 5.92 Å². The van der Waals surface area contributed by atoms with Crippen LogP contribution in [0.3, 0.4) is 0 Å². The third kappa shape index (κ3) is 9.45. The number of carbonyl (C=O) groups excluding carboxylic acids is 2. The van der Waals surface area contributed by atoms with E-state index in [1.54, 1.807) is 0 Å². The zero-order valence-corrected chi connectivity index (χ0v) is 20.5. The molecule has 3 nitrogen and oxygen atoms in total. The van der Waals surface area contributed by atoms with Crippen LogP contribution in [0.5, 0.6) is 0 Å². The summed E-state index contributed by atoms with van der Waals surface area (Å²) in [6.45, 7) is 17.1. The Labute approximate surface area is 185 Å². The number of ether oxygens (including phenoxy) is 1. The van der Waals surface area contributed by atoms with E-state index < -0.39 is 6.10 Å². The number of ketones is 1. The zero-order chi connectivity index (χ0) is 22.8. The van der Waals surface area contributed by atoms with E-state index in [0.717, 1.165) is 31.2 Å². The summed E-state index contributed by atoms with van der Waals surface area (Å²) < 4.78 is 6.02. The van der Waals surface area contributed by atoms with Gasteiger partial charge in [0.15, 0.2) is 11.9 Å². The minimum atomic E-state index is -0.817. The van der Waals surface area contributed by atoms with Gasteiger partial charge < -0.3 is 4.74 Å². The topological polar surface area (TPSA) is 43.4 Å². The van der Waals surface area contributed by atoms with Crippen LogP contribution in [0.4, 0.5) is 0 Å². The van der Waals surface area contributed by atoms with Gasteiger partial charge in [-0.15, -0.1) is 0 Å². The van der Waals surface area contributed by atoms with Crippen LogP contribution in [-0.2, 0) is 14.3 Å². The Kier molecular flexibility index (Phi) is 11.4.